The van der Waals surface area contributed by atoms with Crippen LogP contribution < -0.4 is 9.64 Å². The van der Waals surface area contributed by atoms with Gasteiger partial charge in [0.2, 0.25) is 5.89 Å². The van der Waals surface area contributed by atoms with Crippen LogP contribution in [0.25, 0.3) is 33.3 Å². The number of carboxylic acid groups (broad SMARTS) is 1. The summed E-state index contributed by atoms with van der Waals surface area (Å²) in [7, 11) is 0. The maximum absolute atomic E-state index is 10.8. The number of benzene rings is 3. The van der Waals surface area contributed by atoms with Crippen LogP contribution in [-0.4, -0.2) is 35.8 Å². The first-order chi connectivity index (χ1) is 15.1. The van der Waals surface area contributed by atoms with Crippen LogP contribution in [0.5, 0.6) is 5.75 Å². The summed E-state index contributed by atoms with van der Waals surface area (Å²) in [6.45, 7) is 6.40. The van der Waals surface area contributed by atoms with Crippen LogP contribution in [0, 0.1) is 0 Å². The smallest absolute Gasteiger partial charge is 0.303 e. The minimum absolute atomic E-state index is 0.0694. The summed E-state index contributed by atoms with van der Waals surface area (Å²) in [5.41, 5.74) is 3.37. The molecule has 0 aliphatic heterocycles. The molecule has 1 N–H and O–H groups in total. The fourth-order valence-corrected chi connectivity index (χ4v) is 3.73. The molecule has 160 valence electrons. The predicted molar refractivity (Wildman–Crippen MR) is 123 cm³/mol. The Bertz CT molecular complexity index is 1210. The highest BCUT2D eigenvalue weighted by molar-refractivity contribution is 5.90. The molecule has 1 heterocycles. The van der Waals surface area contributed by atoms with Crippen molar-refractivity contribution in [1.29, 1.82) is 0 Å². The zero-order chi connectivity index (χ0) is 21.8. The summed E-state index contributed by atoms with van der Waals surface area (Å²) in [4.78, 5) is 17.8. The lowest BCUT2D eigenvalue weighted by atomic mass is 10.1. The summed E-state index contributed by atoms with van der Waals surface area (Å²) < 4.78 is 12.1. The first-order valence-corrected chi connectivity index (χ1v) is 10.6. The van der Waals surface area contributed by atoms with E-state index in [1.54, 1.807) is 0 Å². The quantitative estimate of drug-likeness (QED) is 0.350. The van der Waals surface area contributed by atoms with Crippen LogP contribution in [0.2, 0.25) is 0 Å². The maximum atomic E-state index is 10.8. The third-order valence-corrected chi connectivity index (χ3v) is 5.37. The largest absolute Gasteiger partial charge is 0.493 e. The Labute approximate surface area is 181 Å². The molecule has 0 spiro atoms. The highest BCUT2D eigenvalue weighted by Crippen LogP contribution is 2.36. The van der Waals surface area contributed by atoms with Gasteiger partial charge in [0.05, 0.1) is 12.2 Å². The number of hydrogen-bond donors (Lipinski definition) is 1. The highest BCUT2D eigenvalue weighted by Gasteiger charge is 2.16. The van der Waals surface area contributed by atoms with Crippen LogP contribution in [0.4, 0.5) is 5.69 Å². The van der Waals surface area contributed by atoms with Crippen LogP contribution in [0.1, 0.15) is 26.7 Å². The first kappa shape index (κ1) is 20.7. The Morgan fingerprint density at radius 2 is 1.81 bits per heavy atom. The first-order valence-electron chi connectivity index (χ1n) is 10.6. The number of nitrogens with zero attached hydrogens (tertiary/aromatic N) is 2. The van der Waals surface area contributed by atoms with Gasteiger partial charge in [-0.1, -0.05) is 24.3 Å². The second kappa shape index (κ2) is 9.08. The Kier molecular flexibility index (Phi) is 6.07. The third kappa shape index (κ3) is 4.48. The average Bonchev–Trinajstić information content (AvgIpc) is 3.20. The lowest BCUT2D eigenvalue weighted by molar-refractivity contribution is -0.137. The number of hydrogen-bond acceptors (Lipinski definition) is 5. The van der Waals surface area contributed by atoms with Gasteiger partial charge in [-0.05, 0) is 55.3 Å². The molecular weight excluding hydrogens is 392 g/mol. The topological polar surface area (TPSA) is 75.8 Å². The van der Waals surface area contributed by atoms with Crippen molar-refractivity contribution in [2.75, 3.05) is 24.6 Å². The molecular formula is C25H26N2O4. The maximum Gasteiger partial charge on any atom is 0.303 e. The zero-order valence-electron chi connectivity index (χ0n) is 17.8. The van der Waals surface area contributed by atoms with Crippen LogP contribution >= 0.6 is 0 Å². The number of anilines is 1. The van der Waals surface area contributed by atoms with E-state index >= 15 is 0 Å². The minimum Gasteiger partial charge on any atom is -0.493 e. The number of rotatable bonds is 9. The van der Waals surface area contributed by atoms with Gasteiger partial charge in [-0.15, -0.1) is 0 Å². The molecule has 31 heavy (non-hydrogen) atoms. The summed E-state index contributed by atoms with van der Waals surface area (Å²) >= 11 is 0. The molecule has 0 atom stereocenters. The van der Waals surface area contributed by atoms with Gasteiger partial charge in [-0.25, -0.2) is 4.98 Å². The molecule has 1 aromatic heterocycles. The van der Waals surface area contributed by atoms with E-state index in [9.17, 15) is 4.79 Å². The number of aliphatic carboxylic acids is 1. The highest BCUT2D eigenvalue weighted by atomic mass is 16.5. The van der Waals surface area contributed by atoms with Gasteiger partial charge in [0.15, 0.2) is 5.58 Å². The van der Waals surface area contributed by atoms with Gasteiger partial charge in [0, 0.05) is 31.3 Å². The molecule has 0 amide bonds. The van der Waals surface area contributed by atoms with Crippen LogP contribution in [0.15, 0.2) is 59.0 Å². The predicted octanol–water partition coefficient (Wildman–Crippen LogP) is 5.74. The van der Waals surface area contributed by atoms with Gasteiger partial charge in [-0.2, -0.15) is 0 Å². The van der Waals surface area contributed by atoms with E-state index in [1.165, 1.54) is 0 Å². The van der Waals surface area contributed by atoms with Crippen molar-refractivity contribution in [2.45, 2.75) is 26.7 Å². The van der Waals surface area contributed by atoms with E-state index < -0.39 is 5.97 Å². The SMILES string of the molecule is CCN(CC)c1ccc2nc(-c3cc4ccccc4cc3OCCCC(=O)O)oc2c1. The fraction of sp³-hybridized carbons (Fsp3) is 0.280. The lowest BCUT2D eigenvalue weighted by Crippen LogP contribution is -2.21. The van der Waals surface area contributed by atoms with Crippen LogP contribution in [-0.2, 0) is 4.79 Å². The van der Waals surface area contributed by atoms with Gasteiger partial charge >= 0.3 is 5.97 Å². The zero-order valence-corrected chi connectivity index (χ0v) is 17.8. The molecule has 0 unspecified atom stereocenters. The molecule has 0 radical (unpaired) electrons. The number of oxazole rings is 1. The van der Waals surface area contributed by atoms with Crippen molar-refractivity contribution < 1.29 is 19.1 Å². The molecule has 6 nitrogen and oxygen atoms in total. The molecule has 0 aliphatic rings. The van der Waals surface area contributed by atoms with Gasteiger partial charge in [-0.3, -0.25) is 4.79 Å². The van der Waals surface area contributed by atoms with Crippen molar-refractivity contribution in [3.63, 3.8) is 0 Å². The second-order valence-electron chi connectivity index (χ2n) is 7.38. The molecule has 3 aromatic carbocycles. The fourth-order valence-electron chi connectivity index (χ4n) is 3.73. The average molecular weight is 418 g/mol. The summed E-state index contributed by atoms with van der Waals surface area (Å²) in [6.07, 6.45) is 0.502. The number of carboxylic acids is 1. The molecule has 6 heteroatoms. The normalized spacial score (nSPS) is 11.2. The second-order valence-corrected chi connectivity index (χ2v) is 7.38. The molecule has 0 saturated heterocycles. The standard InChI is InChI=1S/C25H26N2O4/c1-3-27(4-2)19-11-12-21-23(16-19)31-25(26-21)20-14-17-8-5-6-9-18(17)15-22(20)30-13-7-10-24(28)29/h5-6,8-9,11-12,14-16H,3-4,7,10,13H2,1-2H3,(H,28,29). The Balaban J connectivity index is 1.73. The van der Waals surface area contributed by atoms with Crippen molar-refractivity contribution in [1.82, 2.24) is 4.98 Å². The molecule has 4 aromatic rings. The van der Waals surface area contributed by atoms with E-state index in [1.807, 2.05) is 48.5 Å². The summed E-state index contributed by atoms with van der Waals surface area (Å²) in [5, 5.41) is 11.0. The molecule has 0 fully saturated rings. The van der Waals surface area contributed by atoms with E-state index in [2.05, 4.69) is 24.8 Å². The van der Waals surface area contributed by atoms with Crippen molar-refractivity contribution >= 4 is 33.5 Å². The number of fused-ring (bicyclic) bond motifs is 2. The summed E-state index contributed by atoms with van der Waals surface area (Å²) in [6, 6.07) is 18.1. The Morgan fingerprint density at radius 1 is 1.06 bits per heavy atom. The minimum atomic E-state index is -0.828. The summed E-state index contributed by atoms with van der Waals surface area (Å²) in [5.74, 6) is 0.301. The van der Waals surface area contributed by atoms with E-state index in [4.69, 9.17) is 19.2 Å². The van der Waals surface area contributed by atoms with Crippen molar-refractivity contribution in [2.24, 2.45) is 0 Å². The lowest BCUT2D eigenvalue weighted by Gasteiger charge is -2.20. The monoisotopic (exact) mass is 418 g/mol. The van der Waals surface area contributed by atoms with Gasteiger partial charge in [0.1, 0.15) is 11.3 Å². The van der Waals surface area contributed by atoms with E-state index in [-0.39, 0.29) is 6.42 Å². The Morgan fingerprint density at radius 3 is 2.52 bits per heavy atom. The number of ether oxygens (including phenoxy) is 1. The van der Waals surface area contributed by atoms with E-state index in [0.717, 1.165) is 46.2 Å². The molecule has 0 saturated carbocycles. The van der Waals surface area contributed by atoms with E-state index in [0.29, 0.717) is 24.7 Å². The molecule has 4 rings (SSSR count). The van der Waals surface area contributed by atoms with Crippen molar-refractivity contribution in [3.8, 4) is 17.2 Å². The van der Waals surface area contributed by atoms with Gasteiger partial charge < -0.3 is 19.2 Å². The Hall–Kier alpha value is -3.54. The molecule has 0 aliphatic carbocycles. The number of carbonyl (C=O) groups is 1. The van der Waals surface area contributed by atoms with Crippen LogP contribution in [0.3, 0.4) is 0 Å². The number of aromatic nitrogens is 1. The van der Waals surface area contributed by atoms with Gasteiger partial charge in [0.25, 0.3) is 0 Å². The van der Waals surface area contributed by atoms with Crippen molar-refractivity contribution in [3.05, 3.63) is 54.6 Å². The molecule has 0 bridgehead atoms. The third-order valence-electron chi connectivity index (χ3n) is 5.37.